The second-order valence-corrected chi connectivity index (χ2v) is 8.37. The Labute approximate surface area is 173 Å². The molecule has 2 aromatic carbocycles. The molecular formula is C21H21N5O2S. The number of carbonyl (C=O) groups excluding carboxylic acids is 2. The Hall–Kier alpha value is -3.13. The van der Waals surface area contributed by atoms with E-state index < -0.39 is 0 Å². The summed E-state index contributed by atoms with van der Waals surface area (Å²) in [5, 5.41) is 6.87. The molecule has 0 aliphatic carbocycles. The standard InChI is InChI=1S/C21H21N5O2S/c1-13(15-4-7-17(8-5-15)26-12-22-11-23-26)25(3)21(28)16-6-9-19-18(10-16)24-20(27)14(2)29-19/h4-14H,1-3H3,(H,24,27). The number of nitrogens with one attached hydrogen (secondary N) is 1. The van der Waals surface area contributed by atoms with E-state index in [1.807, 2.05) is 50.2 Å². The van der Waals surface area contributed by atoms with Gasteiger partial charge in [-0.3, -0.25) is 9.59 Å². The average molecular weight is 407 g/mol. The van der Waals surface area contributed by atoms with Crippen LogP contribution in [0, 0.1) is 0 Å². The van der Waals surface area contributed by atoms with Gasteiger partial charge in [0.2, 0.25) is 5.91 Å². The Morgan fingerprint density at radius 2 is 2.00 bits per heavy atom. The zero-order valence-corrected chi connectivity index (χ0v) is 17.2. The average Bonchev–Trinajstić information content (AvgIpc) is 3.28. The number of anilines is 1. The van der Waals surface area contributed by atoms with Gasteiger partial charge in [0, 0.05) is 17.5 Å². The Morgan fingerprint density at radius 3 is 2.69 bits per heavy atom. The number of thioether (sulfide) groups is 1. The molecule has 2 amide bonds. The highest BCUT2D eigenvalue weighted by atomic mass is 32.2. The van der Waals surface area contributed by atoms with Crippen molar-refractivity contribution < 1.29 is 9.59 Å². The molecule has 0 spiro atoms. The van der Waals surface area contributed by atoms with E-state index in [0.717, 1.165) is 16.1 Å². The molecular weight excluding hydrogens is 386 g/mol. The molecule has 0 saturated carbocycles. The van der Waals surface area contributed by atoms with E-state index in [1.165, 1.54) is 18.1 Å². The Morgan fingerprint density at radius 1 is 1.24 bits per heavy atom. The number of amides is 2. The van der Waals surface area contributed by atoms with Crippen molar-refractivity contribution in [3.8, 4) is 5.69 Å². The second-order valence-electron chi connectivity index (χ2n) is 6.98. The van der Waals surface area contributed by atoms with E-state index in [2.05, 4.69) is 15.4 Å². The molecule has 0 bridgehead atoms. The lowest BCUT2D eigenvalue weighted by Crippen LogP contribution is -2.30. The quantitative estimate of drug-likeness (QED) is 0.716. The summed E-state index contributed by atoms with van der Waals surface area (Å²) in [6.45, 7) is 3.85. The highest BCUT2D eigenvalue weighted by Crippen LogP contribution is 2.36. The van der Waals surface area contributed by atoms with Gasteiger partial charge >= 0.3 is 0 Å². The van der Waals surface area contributed by atoms with Crippen molar-refractivity contribution in [2.75, 3.05) is 12.4 Å². The number of fused-ring (bicyclic) bond motifs is 1. The van der Waals surface area contributed by atoms with Crippen LogP contribution in [0.4, 0.5) is 5.69 Å². The summed E-state index contributed by atoms with van der Waals surface area (Å²) >= 11 is 1.50. The van der Waals surface area contributed by atoms with Gasteiger partial charge in [0.25, 0.3) is 5.91 Å². The second kappa shape index (κ2) is 7.71. The minimum atomic E-state index is -0.132. The normalized spacial score (nSPS) is 16.7. The molecule has 7 nitrogen and oxygen atoms in total. The largest absolute Gasteiger partial charge is 0.335 e. The van der Waals surface area contributed by atoms with Crippen LogP contribution < -0.4 is 5.32 Å². The molecule has 1 aliphatic heterocycles. The highest BCUT2D eigenvalue weighted by Gasteiger charge is 2.25. The molecule has 1 aromatic heterocycles. The molecule has 1 aliphatic rings. The van der Waals surface area contributed by atoms with Gasteiger partial charge in [0.1, 0.15) is 12.7 Å². The summed E-state index contributed by atoms with van der Waals surface area (Å²) < 4.78 is 1.68. The number of carbonyl (C=O) groups is 2. The molecule has 2 atom stereocenters. The van der Waals surface area contributed by atoms with Crippen molar-refractivity contribution in [3.05, 3.63) is 66.2 Å². The van der Waals surface area contributed by atoms with E-state index in [1.54, 1.807) is 29.0 Å². The third-order valence-corrected chi connectivity index (χ3v) is 6.29. The van der Waals surface area contributed by atoms with Crippen molar-refractivity contribution >= 4 is 29.3 Å². The van der Waals surface area contributed by atoms with Gasteiger partial charge < -0.3 is 10.2 Å². The molecule has 4 rings (SSSR count). The number of hydrogen-bond donors (Lipinski definition) is 1. The minimum absolute atomic E-state index is 0.0405. The summed E-state index contributed by atoms with van der Waals surface area (Å²) in [4.78, 5) is 31.6. The topological polar surface area (TPSA) is 80.1 Å². The van der Waals surface area contributed by atoms with Gasteiger partial charge in [-0.1, -0.05) is 12.1 Å². The molecule has 3 aromatic rings. The van der Waals surface area contributed by atoms with Crippen molar-refractivity contribution in [2.45, 2.75) is 30.0 Å². The monoisotopic (exact) mass is 407 g/mol. The molecule has 8 heteroatoms. The van der Waals surface area contributed by atoms with Crippen LogP contribution in [-0.4, -0.2) is 43.8 Å². The summed E-state index contributed by atoms with van der Waals surface area (Å²) in [6, 6.07) is 13.2. The summed E-state index contributed by atoms with van der Waals surface area (Å²) in [7, 11) is 1.78. The van der Waals surface area contributed by atoms with Gasteiger partial charge in [-0.25, -0.2) is 9.67 Å². The Balaban J connectivity index is 1.52. The van der Waals surface area contributed by atoms with Gasteiger partial charge in [-0.05, 0) is 49.7 Å². The van der Waals surface area contributed by atoms with Crippen molar-refractivity contribution in [1.29, 1.82) is 0 Å². The number of benzene rings is 2. The lowest BCUT2D eigenvalue weighted by atomic mass is 10.1. The fraction of sp³-hybridized carbons (Fsp3) is 0.238. The SMILES string of the molecule is CC1Sc2ccc(C(=O)N(C)C(C)c3ccc(-n4cncn4)cc3)cc2NC1=O. The molecule has 1 N–H and O–H groups in total. The van der Waals surface area contributed by atoms with E-state index in [0.29, 0.717) is 11.3 Å². The smallest absolute Gasteiger partial charge is 0.254 e. The summed E-state index contributed by atoms with van der Waals surface area (Å²) in [5.41, 5.74) is 3.17. The highest BCUT2D eigenvalue weighted by molar-refractivity contribution is 8.00. The predicted octanol–water partition coefficient (Wildman–Crippen LogP) is 3.53. The maximum atomic E-state index is 13.0. The Kier molecular flexibility index (Phi) is 5.10. The van der Waals surface area contributed by atoms with Gasteiger partial charge in [-0.2, -0.15) is 5.10 Å². The van der Waals surface area contributed by atoms with Gasteiger partial charge in [0.05, 0.1) is 22.7 Å². The van der Waals surface area contributed by atoms with E-state index in [-0.39, 0.29) is 23.1 Å². The summed E-state index contributed by atoms with van der Waals surface area (Å²) in [5.74, 6) is -0.139. The first-order valence-corrected chi connectivity index (χ1v) is 10.2. The molecule has 2 heterocycles. The van der Waals surface area contributed by atoms with Crippen LogP contribution >= 0.6 is 11.8 Å². The molecule has 148 valence electrons. The Bertz CT molecular complexity index is 1050. The van der Waals surface area contributed by atoms with E-state index in [4.69, 9.17) is 0 Å². The summed E-state index contributed by atoms with van der Waals surface area (Å²) in [6.07, 6.45) is 3.13. The third kappa shape index (κ3) is 3.75. The fourth-order valence-electron chi connectivity index (χ4n) is 3.19. The van der Waals surface area contributed by atoms with Crippen LogP contribution in [0.3, 0.4) is 0 Å². The molecule has 0 fully saturated rings. The van der Waals surface area contributed by atoms with Crippen LogP contribution in [0.15, 0.2) is 60.0 Å². The maximum Gasteiger partial charge on any atom is 0.254 e. The number of rotatable bonds is 4. The van der Waals surface area contributed by atoms with Crippen LogP contribution in [0.25, 0.3) is 5.69 Å². The molecule has 2 unspecified atom stereocenters. The number of nitrogens with zero attached hydrogens (tertiary/aromatic N) is 4. The van der Waals surface area contributed by atoms with E-state index in [9.17, 15) is 9.59 Å². The number of hydrogen-bond acceptors (Lipinski definition) is 5. The zero-order valence-electron chi connectivity index (χ0n) is 16.4. The third-order valence-electron chi connectivity index (χ3n) is 5.12. The van der Waals surface area contributed by atoms with Crippen LogP contribution in [0.1, 0.15) is 35.8 Å². The molecule has 0 radical (unpaired) electrons. The van der Waals surface area contributed by atoms with Crippen LogP contribution in [0.5, 0.6) is 0 Å². The van der Waals surface area contributed by atoms with Crippen molar-refractivity contribution in [1.82, 2.24) is 19.7 Å². The first-order chi connectivity index (χ1) is 13.9. The van der Waals surface area contributed by atoms with Crippen molar-refractivity contribution in [3.63, 3.8) is 0 Å². The molecule has 29 heavy (non-hydrogen) atoms. The zero-order chi connectivity index (χ0) is 20.5. The molecule has 0 saturated heterocycles. The minimum Gasteiger partial charge on any atom is -0.335 e. The first kappa shape index (κ1) is 19.2. The lowest BCUT2D eigenvalue weighted by molar-refractivity contribution is -0.115. The van der Waals surface area contributed by atoms with Crippen molar-refractivity contribution in [2.24, 2.45) is 0 Å². The first-order valence-electron chi connectivity index (χ1n) is 9.27. The predicted molar refractivity (Wildman–Crippen MR) is 112 cm³/mol. The number of aromatic nitrogens is 3. The van der Waals surface area contributed by atoms with Crippen LogP contribution in [-0.2, 0) is 4.79 Å². The van der Waals surface area contributed by atoms with Gasteiger partial charge in [0.15, 0.2) is 0 Å². The lowest BCUT2D eigenvalue weighted by Gasteiger charge is -2.27. The maximum absolute atomic E-state index is 13.0. The van der Waals surface area contributed by atoms with E-state index >= 15 is 0 Å². The van der Waals surface area contributed by atoms with Crippen LogP contribution in [0.2, 0.25) is 0 Å². The fourth-order valence-corrected chi connectivity index (χ4v) is 4.12. The van der Waals surface area contributed by atoms with Gasteiger partial charge in [-0.15, -0.1) is 11.8 Å².